The Labute approximate surface area is 112 Å². The summed E-state index contributed by atoms with van der Waals surface area (Å²) in [5.74, 6) is 0.502. The molecule has 3 rings (SSSR count). The number of aliphatic hydroxyl groups is 1. The van der Waals surface area contributed by atoms with E-state index in [2.05, 4.69) is 5.32 Å². The largest absolute Gasteiger partial charge is 0.396 e. The van der Waals surface area contributed by atoms with E-state index in [1.54, 1.807) is 0 Å². The number of rotatable bonds is 3. The summed E-state index contributed by atoms with van der Waals surface area (Å²) in [5, 5.41) is 13.3. The highest BCUT2D eigenvalue weighted by atomic mass is 35.5. The number of ether oxygens (including phenoxy) is 1. The third kappa shape index (κ3) is 2.11. The normalized spacial score (nSPS) is 29.6. The van der Waals surface area contributed by atoms with Crippen LogP contribution in [0.2, 0.25) is 5.02 Å². The lowest BCUT2D eigenvalue weighted by Crippen LogP contribution is -2.36. The Bertz CT molecular complexity index is 438. The van der Waals surface area contributed by atoms with Gasteiger partial charge in [0.05, 0.1) is 6.10 Å². The molecule has 0 bridgehead atoms. The molecule has 3 atom stereocenters. The van der Waals surface area contributed by atoms with Crippen LogP contribution in [0, 0.1) is 5.92 Å². The van der Waals surface area contributed by atoms with E-state index in [0.29, 0.717) is 12.0 Å². The number of hydrogen-bond donors (Lipinski definition) is 2. The zero-order chi connectivity index (χ0) is 12.5. The van der Waals surface area contributed by atoms with Crippen molar-refractivity contribution in [1.29, 1.82) is 0 Å². The van der Waals surface area contributed by atoms with Crippen molar-refractivity contribution in [3.63, 3.8) is 0 Å². The van der Waals surface area contributed by atoms with E-state index >= 15 is 0 Å². The van der Waals surface area contributed by atoms with Crippen LogP contribution in [0.3, 0.4) is 0 Å². The van der Waals surface area contributed by atoms with Gasteiger partial charge in [-0.1, -0.05) is 11.6 Å². The maximum atomic E-state index is 8.99. The zero-order valence-electron chi connectivity index (χ0n) is 10.2. The third-order valence-electron chi connectivity index (χ3n) is 3.99. The Morgan fingerprint density at radius 2 is 2.33 bits per heavy atom. The highest BCUT2D eigenvalue weighted by Gasteiger charge is 2.40. The first-order valence-electron chi connectivity index (χ1n) is 6.58. The molecule has 0 amide bonds. The Balaban J connectivity index is 1.89. The molecule has 0 saturated carbocycles. The van der Waals surface area contributed by atoms with E-state index in [1.165, 1.54) is 5.56 Å². The van der Waals surface area contributed by atoms with Crippen LogP contribution in [-0.4, -0.2) is 24.4 Å². The first kappa shape index (κ1) is 12.3. The van der Waals surface area contributed by atoms with Crippen LogP contribution in [0.25, 0.3) is 0 Å². The molecule has 2 aliphatic rings. The number of benzene rings is 1. The molecule has 3 nitrogen and oxygen atoms in total. The molecule has 0 spiro atoms. The maximum absolute atomic E-state index is 8.99. The minimum absolute atomic E-state index is 0.170. The van der Waals surface area contributed by atoms with Crippen LogP contribution in [0.15, 0.2) is 18.2 Å². The first-order valence-corrected chi connectivity index (χ1v) is 6.96. The molecule has 1 aromatic rings. The number of anilines is 1. The van der Waals surface area contributed by atoms with Gasteiger partial charge < -0.3 is 15.2 Å². The number of fused-ring (bicyclic) bond motifs is 3. The fourth-order valence-corrected chi connectivity index (χ4v) is 3.32. The van der Waals surface area contributed by atoms with Gasteiger partial charge in [0.15, 0.2) is 0 Å². The molecular weight excluding hydrogens is 250 g/mol. The molecule has 0 aliphatic carbocycles. The smallest absolute Gasteiger partial charge is 0.0893 e. The summed E-state index contributed by atoms with van der Waals surface area (Å²) in [6.45, 7) is 1.07. The van der Waals surface area contributed by atoms with Gasteiger partial charge in [-0.15, -0.1) is 0 Å². The van der Waals surface area contributed by atoms with Gasteiger partial charge in [0.2, 0.25) is 0 Å². The van der Waals surface area contributed by atoms with E-state index in [4.69, 9.17) is 21.4 Å². The Morgan fingerprint density at radius 3 is 3.17 bits per heavy atom. The number of halogens is 1. The standard InChI is InChI=1S/C14H18ClNO2/c15-9-3-4-13-11(8-9)14-10(5-7-18-14)12(16-13)2-1-6-17/h3-4,8,10,12,14,16-17H,1-2,5-7H2/t10-,12-,14-/m0/s1. The van der Waals surface area contributed by atoms with Crippen LogP contribution in [0.4, 0.5) is 5.69 Å². The van der Waals surface area contributed by atoms with Crippen molar-refractivity contribution in [3.8, 4) is 0 Å². The maximum Gasteiger partial charge on any atom is 0.0893 e. The lowest BCUT2D eigenvalue weighted by atomic mass is 9.82. The van der Waals surface area contributed by atoms with E-state index in [1.807, 2.05) is 18.2 Å². The Kier molecular flexibility index (Phi) is 3.46. The molecule has 0 unspecified atom stereocenters. The molecule has 1 aromatic carbocycles. The van der Waals surface area contributed by atoms with Gasteiger partial charge in [0, 0.05) is 41.4 Å². The molecule has 0 radical (unpaired) electrons. The van der Waals surface area contributed by atoms with Gasteiger partial charge >= 0.3 is 0 Å². The van der Waals surface area contributed by atoms with Gasteiger partial charge in [-0.25, -0.2) is 0 Å². The number of hydrogen-bond acceptors (Lipinski definition) is 3. The van der Waals surface area contributed by atoms with Crippen LogP contribution < -0.4 is 5.32 Å². The number of aliphatic hydroxyl groups excluding tert-OH is 1. The molecule has 0 aromatic heterocycles. The molecule has 98 valence electrons. The van der Waals surface area contributed by atoms with Crippen molar-refractivity contribution in [1.82, 2.24) is 0 Å². The van der Waals surface area contributed by atoms with Crippen LogP contribution >= 0.6 is 11.6 Å². The fraction of sp³-hybridized carbons (Fsp3) is 0.571. The summed E-state index contributed by atoms with van der Waals surface area (Å²) in [4.78, 5) is 0. The fourth-order valence-electron chi connectivity index (χ4n) is 3.14. The van der Waals surface area contributed by atoms with Crippen molar-refractivity contribution in [2.75, 3.05) is 18.5 Å². The third-order valence-corrected chi connectivity index (χ3v) is 4.22. The van der Waals surface area contributed by atoms with Crippen LogP contribution in [-0.2, 0) is 4.74 Å². The SMILES string of the molecule is OCCC[C@@H]1Nc2ccc(Cl)cc2[C@H]2OCC[C@@H]12. The van der Waals surface area contributed by atoms with Crippen molar-refractivity contribution < 1.29 is 9.84 Å². The Hall–Kier alpha value is -0.770. The van der Waals surface area contributed by atoms with E-state index in [-0.39, 0.29) is 12.7 Å². The highest BCUT2D eigenvalue weighted by molar-refractivity contribution is 6.30. The topological polar surface area (TPSA) is 41.5 Å². The summed E-state index contributed by atoms with van der Waals surface area (Å²) < 4.78 is 5.89. The predicted octanol–water partition coefficient (Wildman–Crippen LogP) is 2.98. The summed E-state index contributed by atoms with van der Waals surface area (Å²) >= 11 is 6.07. The molecular formula is C14H18ClNO2. The second-order valence-electron chi connectivity index (χ2n) is 5.09. The second-order valence-corrected chi connectivity index (χ2v) is 5.53. The molecule has 4 heteroatoms. The van der Waals surface area contributed by atoms with Crippen LogP contribution in [0.1, 0.15) is 30.9 Å². The minimum Gasteiger partial charge on any atom is -0.396 e. The van der Waals surface area contributed by atoms with Crippen molar-refractivity contribution in [3.05, 3.63) is 28.8 Å². The van der Waals surface area contributed by atoms with Crippen molar-refractivity contribution >= 4 is 17.3 Å². The quantitative estimate of drug-likeness (QED) is 0.885. The zero-order valence-corrected chi connectivity index (χ0v) is 11.0. The lowest BCUT2D eigenvalue weighted by molar-refractivity contribution is 0.0813. The van der Waals surface area contributed by atoms with Crippen molar-refractivity contribution in [2.45, 2.75) is 31.4 Å². The molecule has 2 heterocycles. The monoisotopic (exact) mass is 267 g/mol. The summed E-state index contributed by atoms with van der Waals surface area (Å²) in [6.07, 6.45) is 3.08. The van der Waals surface area contributed by atoms with Gasteiger partial charge in [-0.2, -0.15) is 0 Å². The predicted molar refractivity (Wildman–Crippen MR) is 72.0 cm³/mol. The van der Waals surface area contributed by atoms with Gasteiger partial charge in [0.25, 0.3) is 0 Å². The van der Waals surface area contributed by atoms with E-state index in [0.717, 1.165) is 36.6 Å². The van der Waals surface area contributed by atoms with Gasteiger partial charge in [-0.05, 0) is 37.5 Å². The lowest BCUT2D eigenvalue weighted by Gasteiger charge is -2.36. The average molecular weight is 268 g/mol. The highest BCUT2D eigenvalue weighted by Crippen LogP contribution is 2.46. The number of nitrogens with one attached hydrogen (secondary N) is 1. The molecule has 18 heavy (non-hydrogen) atoms. The Morgan fingerprint density at radius 1 is 1.44 bits per heavy atom. The first-order chi connectivity index (χ1) is 8.79. The van der Waals surface area contributed by atoms with E-state index < -0.39 is 0 Å². The summed E-state index contributed by atoms with van der Waals surface area (Å²) in [5.41, 5.74) is 2.32. The minimum atomic E-state index is 0.170. The summed E-state index contributed by atoms with van der Waals surface area (Å²) in [7, 11) is 0. The van der Waals surface area contributed by atoms with Crippen molar-refractivity contribution in [2.24, 2.45) is 5.92 Å². The molecule has 1 saturated heterocycles. The summed E-state index contributed by atoms with van der Waals surface area (Å²) in [6, 6.07) is 6.35. The van der Waals surface area contributed by atoms with Gasteiger partial charge in [-0.3, -0.25) is 0 Å². The second kappa shape index (κ2) is 5.08. The molecule has 1 fully saturated rings. The molecule has 2 aliphatic heterocycles. The van der Waals surface area contributed by atoms with E-state index in [9.17, 15) is 0 Å². The van der Waals surface area contributed by atoms with Crippen LogP contribution in [0.5, 0.6) is 0 Å². The molecule has 2 N–H and O–H groups in total. The average Bonchev–Trinajstić information content (AvgIpc) is 2.86. The van der Waals surface area contributed by atoms with Gasteiger partial charge in [0.1, 0.15) is 0 Å².